The maximum absolute atomic E-state index is 2.45. The molecule has 0 heteroatoms. The van der Waals surface area contributed by atoms with Gasteiger partial charge in [0, 0.05) is 0 Å². The third-order valence-electron chi connectivity index (χ3n) is 11.9. The highest BCUT2D eigenvalue weighted by atomic mass is 14.3. The molecule has 18 rings (SSSR count). The molecule has 0 aliphatic heterocycles. The van der Waals surface area contributed by atoms with Crippen LogP contribution in [-0.2, 0) is 0 Å². The van der Waals surface area contributed by atoms with Gasteiger partial charge in [-0.3, -0.25) is 0 Å². The van der Waals surface area contributed by atoms with Crippen LogP contribution in [-0.4, -0.2) is 0 Å². The number of rotatable bonds is 0. The van der Waals surface area contributed by atoms with Gasteiger partial charge < -0.3 is 0 Å². The molecule has 18 aromatic carbocycles. The van der Waals surface area contributed by atoms with Gasteiger partial charge in [0.15, 0.2) is 0 Å². The molecule has 194 valence electrons. The summed E-state index contributed by atoms with van der Waals surface area (Å²) in [4.78, 5) is 0. The van der Waals surface area contributed by atoms with Crippen molar-refractivity contribution in [1.82, 2.24) is 0 Å². The summed E-state index contributed by atoms with van der Waals surface area (Å²) in [7, 11) is 0. The topological polar surface area (TPSA) is 0 Å². The van der Waals surface area contributed by atoms with Crippen molar-refractivity contribution in [2.75, 3.05) is 0 Å². The number of hydrogen-bond acceptors (Lipinski definition) is 0. The van der Waals surface area contributed by atoms with E-state index in [1.807, 2.05) is 0 Å². The number of hydrogen-bond donors (Lipinski definition) is 0. The number of benzene rings is 11. The Morgan fingerprint density at radius 3 is 0.727 bits per heavy atom. The quantitative estimate of drug-likeness (QED) is 0.166. The average Bonchev–Trinajstić information content (AvgIpc) is 3.63. The summed E-state index contributed by atoms with van der Waals surface area (Å²) in [6, 6.07) is 43.0. The summed E-state index contributed by atoms with van der Waals surface area (Å²) in [6.07, 6.45) is 0. The molecule has 0 aromatic heterocycles. The Morgan fingerprint density at radius 1 is 0.159 bits per heavy atom. The summed E-state index contributed by atoms with van der Waals surface area (Å²) in [6.45, 7) is 0. The molecule has 0 aliphatic rings. The molecule has 44 heavy (non-hydrogen) atoms. The van der Waals surface area contributed by atoms with Gasteiger partial charge >= 0.3 is 0 Å². The lowest BCUT2D eigenvalue weighted by molar-refractivity contribution is 1.82. The molecular weight excluding hydrogens is 528 g/mol. The maximum atomic E-state index is 2.45. The molecule has 0 unspecified atom stereocenters. The zero-order valence-corrected chi connectivity index (χ0v) is 23.4. The van der Waals surface area contributed by atoms with Crippen LogP contribution < -0.4 is 0 Å². The second kappa shape index (κ2) is 6.02. The van der Waals surface area contributed by atoms with Crippen LogP contribution in [0.3, 0.4) is 0 Å². The SMILES string of the molecule is c1cc2ccc1c1ccc3c(c1)c1ccc4c5ccc6c7cc2ccc7c2ccc7c8ccc3c3c1c4c(c83)c1c7c2c6c51. The Hall–Kier alpha value is -5.72. The summed E-state index contributed by atoms with van der Waals surface area (Å²) in [5, 5.41) is 36.3. The second-order valence-electron chi connectivity index (χ2n) is 13.5. The van der Waals surface area contributed by atoms with Crippen molar-refractivity contribution in [2.24, 2.45) is 0 Å². The van der Waals surface area contributed by atoms with E-state index in [1.165, 1.54) is 140 Å². The normalized spacial score (nSPS) is 13.9. The van der Waals surface area contributed by atoms with Crippen LogP contribution in [0, 0.1) is 0 Å². The maximum Gasteiger partial charge on any atom is -0.0000476 e. The molecule has 0 radical (unpaired) electrons. The van der Waals surface area contributed by atoms with Crippen molar-refractivity contribution in [3.63, 3.8) is 0 Å². The lowest BCUT2D eigenvalue weighted by atomic mass is 9.89. The van der Waals surface area contributed by atoms with E-state index in [0.717, 1.165) is 0 Å². The van der Waals surface area contributed by atoms with Crippen LogP contribution in [0.4, 0.5) is 0 Å². The van der Waals surface area contributed by atoms with Crippen LogP contribution in [0.1, 0.15) is 0 Å². The van der Waals surface area contributed by atoms with Crippen LogP contribution in [0.2, 0.25) is 0 Å². The fraction of sp³-hybridized carbons (Fsp3) is 0. The van der Waals surface area contributed by atoms with Gasteiger partial charge in [-0.25, -0.2) is 0 Å². The van der Waals surface area contributed by atoms with Gasteiger partial charge in [-0.2, -0.15) is 0 Å². The molecule has 0 saturated carbocycles. The van der Waals surface area contributed by atoms with Crippen molar-refractivity contribution < 1.29 is 0 Å². The van der Waals surface area contributed by atoms with Gasteiger partial charge in [-0.15, -0.1) is 0 Å². The first kappa shape index (κ1) is 20.2. The van der Waals surface area contributed by atoms with E-state index in [4.69, 9.17) is 0 Å². The minimum Gasteiger partial charge on any atom is -0.0538 e. The van der Waals surface area contributed by atoms with E-state index in [9.17, 15) is 0 Å². The molecule has 18 aromatic rings. The Morgan fingerprint density at radius 2 is 0.386 bits per heavy atom. The molecule has 0 amide bonds. The van der Waals surface area contributed by atoms with Crippen LogP contribution in [0.15, 0.2) is 109 Å². The van der Waals surface area contributed by atoms with Gasteiger partial charge in [0.05, 0.1) is 0 Å². The Bertz CT molecular complexity index is 3270. The molecular formula is C44H18. The zero-order valence-electron chi connectivity index (χ0n) is 23.4. The largest absolute Gasteiger partial charge is 0.0538 e. The summed E-state index contributed by atoms with van der Waals surface area (Å²) in [5.74, 6) is 0. The third kappa shape index (κ3) is 1.80. The highest BCUT2D eigenvalue weighted by Crippen LogP contribution is 2.60. The molecule has 0 heterocycles. The van der Waals surface area contributed by atoms with Crippen molar-refractivity contribution in [1.29, 1.82) is 0 Å². The molecule has 0 N–H and O–H groups in total. The Labute approximate surface area is 248 Å². The van der Waals surface area contributed by atoms with Gasteiger partial charge in [-0.1, -0.05) is 97.1 Å². The van der Waals surface area contributed by atoms with Crippen LogP contribution in [0.25, 0.3) is 140 Å². The molecule has 0 fully saturated rings. The van der Waals surface area contributed by atoms with Crippen molar-refractivity contribution in [2.45, 2.75) is 0 Å². The first-order chi connectivity index (χ1) is 21.8. The van der Waals surface area contributed by atoms with E-state index >= 15 is 0 Å². The van der Waals surface area contributed by atoms with E-state index in [-0.39, 0.29) is 0 Å². The van der Waals surface area contributed by atoms with Crippen molar-refractivity contribution in [3.8, 4) is 0 Å². The Balaban J connectivity index is 1.50. The fourth-order valence-corrected chi connectivity index (χ4v) is 10.3. The second-order valence-corrected chi connectivity index (χ2v) is 13.5. The average molecular weight is 547 g/mol. The first-order valence-corrected chi connectivity index (χ1v) is 15.7. The smallest absolute Gasteiger partial charge is 0.0000476 e. The highest BCUT2D eigenvalue weighted by Gasteiger charge is 2.30. The van der Waals surface area contributed by atoms with Gasteiger partial charge in [0.2, 0.25) is 0 Å². The standard InChI is InChI=1S/C44H18/c1-2-20-4-3-19(1)21-5-7-23-25-9-11-27-28-12-10-26-24-8-6-22(20)18-34(24)32-16-14-30-29-13-15-31(33(23)17-21)37-35(25)39(27)43(41(29)37)44-40(28)36(26)38(32)42(30)44/h1-18H. The third-order valence-corrected chi connectivity index (χ3v) is 11.9. The Kier molecular flexibility index (Phi) is 2.77. The minimum absolute atomic E-state index is 1.26. The lowest BCUT2D eigenvalue weighted by Crippen LogP contribution is -1.86. The predicted molar refractivity (Wildman–Crippen MR) is 192 cm³/mol. The number of fused-ring (bicyclic) bond motifs is 3. The van der Waals surface area contributed by atoms with Crippen molar-refractivity contribution >= 4 is 140 Å². The van der Waals surface area contributed by atoms with Crippen molar-refractivity contribution in [3.05, 3.63) is 109 Å². The molecule has 0 saturated heterocycles. The lowest BCUT2D eigenvalue weighted by Gasteiger charge is -2.14. The zero-order chi connectivity index (χ0) is 27.7. The van der Waals surface area contributed by atoms with Gasteiger partial charge in [0.1, 0.15) is 0 Å². The van der Waals surface area contributed by atoms with Crippen LogP contribution in [0.5, 0.6) is 0 Å². The molecule has 0 spiro atoms. The summed E-state index contributed by atoms with van der Waals surface area (Å²) >= 11 is 0. The molecule has 0 nitrogen and oxygen atoms in total. The summed E-state index contributed by atoms with van der Waals surface area (Å²) < 4.78 is 0. The van der Waals surface area contributed by atoms with E-state index < -0.39 is 0 Å². The fourth-order valence-electron chi connectivity index (χ4n) is 10.3. The van der Waals surface area contributed by atoms with E-state index in [0.29, 0.717) is 0 Å². The predicted octanol–water partition coefficient (Wildman–Crippen LogP) is 12.7. The molecule has 0 aliphatic carbocycles. The highest BCUT2D eigenvalue weighted by molar-refractivity contribution is 6.60. The van der Waals surface area contributed by atoms with E-state index in [2.05, 4.69) is 109 Å². The minimum atomic E-state index is 1.26. The monoisotopic (exact) mass is 546 g/mol. The molecule has 0 atom stereocenters. The van der Waals surface area contributed by atoms with Crippen LogP contribution >= 0.6 is 0 Å². The summed E-state index contributed by atoms with van der Waals surface area (Å²) in [5.41, 5.74) is 0. The molecule has 16 bridgehead atoms. The van der Waals surface area contributed by atoms with E-state index in [1.54, 1.807) is 0 Å². The first-order valence-electron chi connectivity index (χ1n) is 15.7. The van der Waals surface area contributed by atoms with Gasteiger partial charge in [0.25, 0.3) is 0 Å². The van der Waals surface area contributed by atoms with Gasteiger partial charge in [-0.05, 0) is 152 Å².